The Morgan fingerprint density at radius 1 is 1.19 bits per heavy atom. The van der Waals surface area contributed by atoms with Crippen molar-refractivity contribution < 1.29 is 14.6 Å². The number of methoxy groups -OCH3 is 1. The van der Waals surface area contributed by atoms with E-state index in [1.54, 1.807) is 7.11 Å². The molecule has 0 saturated carbocycles. The third kappa shape index (κ3) is 6.28. The van der Waals surface area contributed by atoms with Crippen molar-refractivity contribution in [3.8, 4) is 5.75 Å². The van der Waals surface area contributed by atoms with Crippen molar-refractivity contribution in [3.63, 3.8) is 0 Å². The smallest absolute Gasteiger partial charge is 0.321 e. The van der Waals surface area contributed by atoms with E-state index >= 15 is 0 Å². The molecule has 8 nitrogen and oxygen atoms in total. The number of aliphatic hydroxyl groups excluding tert-OH is 1. The molecule has 4 rings (SSSR count). The summed E-state index contributed by atoms with van der Waals surface area (Å²) in [4.78, 5) is 19.6. The second-order valence-corrected chi connectivity index (χ2v) is 9.76. The Kier molecular flexibility index (Phi) is 9.56. The van der Waals surface area contributed by atoms with Crippen LogP contribution in [-0.4, -0.2) is 56.0 Å². The van der Waals surface area contributed by atoms with Crippen molar-refractivity contribution in [3.05, 3.63) is 70.7 Å². The summed E-state index contributed by atoms with van der Waals surface area (Å²) < 4.78 is 5.23. The quantitative estimate of drug-likeness (QED) is 0.348. The Bertz CT molecular complexity index is 1120. The molecule has 1 fully saturated rings. The number of benzene rings is 2. The minimum Gasteiger partial charge on any atom is -0.497 e. The van der Waals surface area contributed by atoms with E-state index in [0.29, 0.717) is 10.8 Å². The van der Waals surface area contributed by atoms with E-state index in [1.165, 1.54) is 17.0 Å². The standard InChI is InChI=1S/C26H33N5O3S.ClH/c1-18(19-4-8-21(9-5-19)31-14-12-27-13-15-31)28-24(33)30-25-29-23(16-35-25)26(2,17-32)20-6-10-22(34-3)11-7-20;/h4-11,16,18,27,32H,12-15,17H2,1-3H3,(H2,28,29,30,33);1H. The molecule has 2 aromatic carbocycles. The van der Waals surface area contributed by atoms with Crippen LogP contribution in [0, 0.1) is 0 Å². The number of aliphatic hydroxyl groups is 1. The fraction of sp³-hybridized carbons (Fsp3) is 0.385. The van der Waals surface area contributed by atoms with E-state index in [9.17, 15) is 9.90 Å². The number of carbonyl (C=O) groups excluding carboxylic acids is 1. The summed E-state index contributed by atoms with van der Waals surface area (Å²) in [6.45, 7) is 7.76. The lowest BCUT2D eigenvalue weighted by Gasteiger charge is -2.29. The van der Waals surface area contributed by atoms with Crippen molar-refractivity contribution in [2.75, 3.05) is 50.1 Å². The van der Waals surface area contributed by atoms with Crippen LogP contribution >= 0.6 is 23.7 Å². The van der Waals surface area contributed by atoms with Crippen LogP contribution in [0.3, 0.4) is 0 Å². The summed E-state index contributed by atoms with van der Waals surface area (Å²) in [6, 6.07) is 15.4. The van der Waals surface area contributed by atoms with Crippen LogP contribution in [0.4, 0.5) is 15.6 Å². The molecule has 194 valence electrons. The minimum atomic E-state index is -0.696. The number of hydrogen-bond acceptors (Lipinski definition) is 7. The third-order valence-electron chi connectivity index (χ3n) is 6.56. The van der Waals surface area contributed by atoms with Crippen LogP contribution in [0.5, 0.6) is 5.75 Å². The Hall–Kier alpha value is -2.85. The van der Waals surface area contributed by atoms with Crippen molar-refractivity contribution in [2.45, 2.75) is 25.3 Å². The maximum Gasteiger partial charge on any atom is 0.321 e. The molecule has 2 unspecified atom stereocenters. The summed E-state index contributed by atoms with van der Waals surface area (Å²) in [5.41, 5.74) is 3.15. The van der Waals surface area contributed by atoms with Crippen LogP contribution in [0.1, 0.15) is 36.7 Å². The Balaban J connectivity index is 0.00000361. The highest BCUT2D eigenvalue weighted by Gasteiger charge is 2.31. The van der Waals surface area contributed by atoms with E-state index in [0.717, 1.165) is 43.1 Å². The van der Waals surface area contributed by atoms with Crippen molar-refractivity contribution in [1.82, 2.24) is 15.6 Å². The number of anilines is 2. The van der Waals surface area contributed by atoms with Gasteiger partial charge in [0.2, 0.25) is 0 Å². The van der Waals surface area contributed by atoms with Gasteiger partial charge in [0.1, 0.15) is 5.75 Å². The van der Waals surface area contributed by atoms with Gasteiger partial charge in [0.05, 0.1) is 30.9 Å². The van der Waals surface area contributed by atoms with E-state index in [1.807, 2.05) is 43.5 Å². The predicted octanol–water partition coefficient (Wildman–Crippen LogP) is 4.16. The summed E-state index contributed by atoms with van der Waals surface area (Å²) in [5.74, 6) is 0.749. The number of nitrogens with one attached hydrogen (secondary N) is 3. The van der Waals surface area contributed by atoms with Crippen LogP contribution in [0.2, 0.25) is 0 Å². The van der Waals surface area contributed by atoms with Gasteiger partial charge in [-0.25, -0.2) is 9.78 Å². The zero-order valence-electron chi connectivity index (χ0n) is 20.8. The number of amides is 2. The maximum absolute atomic E-state index is 12.6. The monoisotopic (exact) mass is 531 g/mol. The summed E-state index contributed by atoms with van der Waals surface area (Å²) in [6.07, 6.45) is 0. The highest BCUT2D eigenvalue weighted by Crippen LogP contribution is 2.34. The minimum absolute atomic E-state index is 0. The molecule has 36 heavy (non-hydrogen) atoms. The van der Waals surface area contributed by atoms with Gasteiger partial charge >= 0.3 is 6.03 Å². The van der Waals surface area contributed by atoms with Crippen LogP contribution < -0.4 is 25.6 Å². The first-order valence-electron chi connectivity index (χ1n) is 11.8. The van der Waals surface area contributed by atoms with Crippen molar-refractivity contribution in [1.29, 1.82) is 0 Å². The lowest BCUT2D eigenvalue weighted by molar-refractivity contribution is 0.229. The van der Waals surface area contributed by atoms with E-state index < -0.39 is 5.41 Å². The Morgan fingerprint density at radius 2 is 1.86 bits per heavy atom. The topological polar surface area (TPSA) is 98.8 Å². The van der Waals surface area contributed by atoms with E-state index in [2.05, 4.69) is 50.1 Å². The van der Waals surface area contributed by atoms with Gasteiger partial charge in [0.25, 0.3) is 0 Å². The van der Waals surface area contributed by atoms with Crippen LogP contribution in [-0.2, 0) is 5.41 Å². The largest absolute Gasteiger partial charge is 0.497 e. The zero-order chi connectivity index (χ0) is 24.8. The predicted molar refractivity (Wildman–Crippen MR) is 148 cm³/mol. The van der Waals surface area contributed by atoms with Crippen LogP contribution in [0.25, 0.3) is 0 Å². The first-order valence-corrected chi connectivity index (χ1v) is 12.7. The van der Waals surface area contributed by atoms with Gasteiger partial charge in [-0.1, -0.05) is 24.3 Å². The molecule has 1 aliphatic heterocycles. The van der Waals surface area contributed by atoms with Crippen molar-refractivity contribution in [2.24, 2.45) is 0 Å². The molecule has 0 radical (unpaired) electrons. The van der Waals surface area contributed by atoms with E-state index in [4.69, 9.17) is 4.74 Å². The number of nitrogens with zero attached hydrogens (tertiary/aromatic N) is 2. The van der Waals surface area contributed by atoms with E-state index in [-0.39, 0.29) is 31.1 Å². The second kappa shape index (κ2) is 12.4. The van der Waals surface area contributed by atoms with Gasteiger partial charge in [0.15, 0.2) is 5.13 Å². The molecule has 2 atom stereocenters. The second-order valence-electron chi connectivity index (χ2n) is 8.91. The number of hydrogen-bond donors (Lipinski definition) is 4. The zero-order valence-corrected chi connectivity index (χ0v) is 22.4. The number of thiazole rings is 1. The molecule has 0 bridgehead atoms. The summed E-state index contributed by atoms with van der Waals surface area (Å²) in [7, 11) is 1.62. The molecule has 0 spiro atoms. The van der Waals surface area contributed by atoms with Gasteiger partial charge in [-0.15, -0.1) is 23.7 Å². The number of rotatable bonds is 8. The highest BCUT2D eigenvalue weighted by molar-refractivity contribution is 7.13. The van der Waals surface area contributed by atoms with Gasteiger partial charge < -0.3 is 25.4 Å². The molecular formula is C26H34ClN5O3S. The first-order chi connectivity index (χ1) is 16.9. The Morgan fingerprint density at radius 3 is 2.47 bits per heavy atom. The maximum atomic E-state index is 12.6. The normalized spacial score (nSPS) is 15.8. The molecule has 1 saturated heterocycles. The lowest BCUT2D eigenvalue weighted by Crippen LogP contribution is -2.43. The van der Waals surface area contributed by atoms with Crippen LogP contribution in [0.15, 0.2) is 53.9 Å². The molecular weight excluding hydrogens is 498 g/mol. The fourth-order valence-corrected chi connectivity index (χ4v) is 5.01. The number of halogens is 1. The molecule has 3 aromatic rings. The average molecular weight is 532 g/mol. The van der Waals surface area contributed by atoms with Gasteiger partial charge in [-0.05, 0) is 49.2 Å². The highest BCUT2D eigenvalue weighted by atomic mass is 35.5. The first kappa shape index (κ1) is 27.7. The van der Waals surface area contributed by atoms with Gasteiger partial charge in [-0.3, -0.25) is 5.32 Å². The number of carbonyl (C=O) groups is 1. The molecule has 2 amide bonds. The Labute approximate surface area is 222 Å². The summed E-state index contributed by atoms with van der Waals surface area (Å²) >= 11 is 1.33. The van der Waals surface area contributed by atoms with Gasteiger partial charge in [-0.2, -0.15) is 0 Å². The average Bonchev–Trinajstić information content (AvgIpc) is 3.37. The number of aromatic nitrogens is 1. The molecule has 1 aromatic heterocycles. The molecule has 1 aliphatic rings. The fourth-order valence-electron chi connectivity index (χ4n) is 4.17. The number of ether oxygens (including phenoxy) is 1. The SMILES string of the molecule is COc1ccc(C(C)(CO)c2csc(NC(=O)NC(C)c3ccc(N4CCNCC4)cc3)n2)cc1.Cl. The lowest BCUT2D eigenvalue weighted by atomic mass is 9.81. The molecule has 0 aliphatic carbocycles. The number of piperazine rings is 1. The number of urea groups is 1. The third-order valence-corrected chi connectivity index (χ3v) is 7.31. The molecule has 2 heterocycles. The molecule has 10 heteroatoms. The van der Waals surface area contributed by atoms with Crippen molar-refractivity contribution >= 4 is 40.6 Å². The summed E-state index contributed by atoms with van der Waals surface area (Å²) in [5, 5.41) is 21.7. The molecule has 4 N–H and O–H groups in total. The van der Waals surface area contributed by atoms with Gasteiger partial charge in [0, 0.05) is 37.2 Å².